The molecule has 0 aliphatic rings. The molecule has 0 rings (SSSR count). The maximum Gasteiger partial charge on any atom is 0.407 e. The molecular weight excluding hydrogens is 538 g/mol. The van der Waals surface area contributed by atoms with E-state index in [1.165, 1.54) is 103 Å². The third-order valence-electron chi connectivity index (χ3n) is 8.35. The van der Waals surface area contributed by atoms with Gasteiger partial charge in [0.2, 0.25) is 0 Å². The molecule has 2 unspecified atom stereocenters. The van der Waals surface area contributed by atoms with E-state index in [-0.39, 0.29) is 12.6 Å². The molecule has 0 aromatic carbocycles. The van der Waals surface area contributed by atoms with Gasteiger partial charge in [-0.25, -0.2) is 4.79 Å². The number of rotatable bonds is 33. The van der Waals surface area contributed by atoms with Crippen LogP contribution in [0.5, 0.6) is 0 Å². The molecule has 0 aromatic heterocycles. The van der Waals surface area contributed by atoms with Crippen molar-refractivity contribution < 1.29 is 24.1 Å². The number of amides is 1. The maximum atomic E-state index is 12.4. The SMILES string of the molecule is CCC(CO)OC(=O)NC(CCCOCCCCCCCCCCC(C)C)CCOCCCCCCCCCCC(C)C. The molecule has 6 nitrogen and oxygen atoms in total. The Morgan fingerprint density at radius 3 is 1.42 bits per heavy atom. The lowest BCUT2D eigenvalue weighted by molar-refractivity contribution is 0.0510. The fourth-order valence-electron chi connectivity index (χ4n) is 5.39. The summed E-state index contributed by atoms with van der Waals surface area (Å²) in [5, 5.41) is 12.4. The van der Waals surface area contributed by atoms with Crippen LogP contribution in [-0.4, -0.2) is 56.4 Å². The van der Waals surface area contributed by atoms with Gasteiger partial charge in [-0.1, -0.05) is 137 Å². The van der Waals surface area contributed by atoms with Crippen molar-refractivity contribution in [3.05, 3.63) is 0 Å². The maximum absolute atomic E-state index is 12.4. The van der Waals surface area contributed by atoms with Crippen molar-refractivity contribution in [1.82, 2.24) is 5.32 Å². The summed E-state index contributed by atoms with van der Waals surface area (Å²) in [5.74, 6) is 1.67. The molecule has 0 fully saturated rings. The van der Waals surface area contributed by atoms with Gasteiger partial charge in [-0.15, -0.1) is 0 Å². The zero-order valence-corrected chi connectivity index (χ0v) is 29.5. The second-order valence-electron chi connectivity index (χ2n) is 13.6. The fraction of sp³-hybridized carbons (Fsp3) is 0.973. The quantitative estimate of drug-likeness (QED) is 0.0720. The number of aliphatic hydroxyl groups is 1. The number of ether oxygens (including phenoxy) is 3. The van der Waals surface area contributed by atoms with Crippen LogP contribution >= 0.6 is 0 Å². The van der Waals surface area contributed by atoms with Gasteiger partial charge in [-0.2, -0.15) is 0 Å². The zero-order valence-electron chi connectivity index (χ0n) is 29.5. The van der Waals surface area contributed by atoms with Crippen LogP contribution in [0.15, 0.2) is 0 Å². The number of unbranched alkanes of at least 4 members (excludes halogenated alkanes) is 14. The average molecular weight is 614 g/mol. The Labute approximate surface area is 268 Å². The minimum absolute atomic E-state index is 0.0106. The lowest BCUT2D eigenvalue weighted by atomic mass is 10.0. The Bertz CT molecular complexity index is 567. The molecule has 6 heteroatoms. The summed E-state index contributed by atoms with van der Waals surface area (Å²) in [6.45, 7) is 14.0. The molecule has 1 amide bonds. The molecule has 0 bridgehead atoms. The summed E-state index contributed by atoms with van der Waals surface area (Å²) < 4.78 is 17.2. The van der Waals surface area contributed by atoms with Gasteiger partial charge in [0, 0.05) is 32.5 Å². The molecule has 2 atom stereocenters. The molecule has 0 aliphatic heterocycles. The van der Waals surface area contributed by atoms with Gasteiger partial charge in [0.15, 0.2) is 0 Å². The van der Waals surface area contributed by atoms with Crippen LogP contribution in [0.3, 0.4) is 0 Å². The number of carbonyl (C=O) groups is 1. The van der Waals surface area contributed by atoms with E-state index in [9.17, 15) is 9.90 Å². The Morgan fingerprint density at radius 1 is 0.558 bits per heavy atom. The molecule has 2 N–H and O–H groups in total. The Balaban J connectivity index is 3.95. The smallest absolute Gasteiger partial charge is 0.407 e. The van der Waals surface area contributed by atoms with E-state index >= 15 is 0 Å². The van der Waals surface area contributed by atoms with Crippen LogP contribution in [0, 0.1) is 11.8 Å². The van der Waals surface area contributed by atoms with Gasteiger partial charge in [-0.05, 0) is 50.4 Å². The van der Waals surface area contributed by atoms with Crippen molar-refractivity contribution >= 4 is 6.09 Å². The van der Waals surface area contributed by atoms with E-state index in [1.54, 1.807) is 0 Å². The normalized spacial score (nSPS) is 13.1. The molecule has 0 aliphatic carbocycles. The topological polar surface area (TPSA) is 77.0 Å². The molecule has 0 heterocycles. The van der Waals surface area contributed by atoms with Crippen molar-refractivity contribution in [1.29, 1.82) is 0 Å². The lowest BCUT2D eigenvalue weighted by Gasteiger charge is -2.21. The number of hydrogen-bond acceptors (Lipinski definition) is 5. The third-order valence-corrected chi connectivity index (χ3v) is 8.35. The largest absolute Gasteiger partial charge is 0.444 e. The predicted octanol–water partition coefficient (Wildman–Crippen LogP) is 10.4. The molecule has 0 aromatic rings. The Morgan fingerprint density at radius 2 is 0.977 bits per heavy atom. The minimum atomic E-state index is -0.454. The third kappa shape index (κ3) is 32.4. The summed E-state index contributed by atoms with van der Waals surface area (Å²) in [5.41, 5.74) is 0. The second-order valence-corrected chi connectivity index (χ2v) is 13.6. The Kier molecular flexibility index (Phi) is 31.9. The zero-order chi connectivity index (χ0) is 31.8. The number of hydrogen-bond donors (Lipinski definition) is 2. The van der Waals surface area contributed by atoms with Crippen LogP contribution in [0.1, 0.15) is 176 Å². The van der Waals surface area contributed by atoms with Crippen LogP contribution < -0.4 is 5.32 Å². The van der Waals surface area contributed by atoms with Crippen molar-refractivity contribution in [2.75, 3.05) is 33.0 Å². The lowest BCUT2D eigenvalue weighted by Crippen LogP contribution is -2.38. The first kappa shape index (κ1) is 42.1. The number of aliphatic hydroxyl groups excluding tert-OH is 1. The van der Waals surface area contributed by atoms with E-state index < -0.39 is 12.2 Å². The first-order chi connectivity index (χ1) is 20.9. The highest BCUT2D eigenvalue weighted by atomic mass is 16.6. The summed E-state index contributed by atoms with van der Waals surface area (Å²) in [7, 11) is 0. The summed E-state index contributed by atoms with van der Waals surface area (Å²) in [4.78, 5) is 12.4. The van der Waals surface area contributed by atoms with Gasteiger partial charge in [-0.3, -0.25) is 0 Å². The Hall–Kier alpha value is -0.850. The molecular formula is C37H75NO5. The number of carbonyl (C=O) groups excluding carboxylic acids is 1. The monoisotopic (exact) mass is 614 g/mol. The molecule has 0 radical (unpaired) electrons. The number of alkyl carbamates (subject to hydrolysis) is 1. The van der Waals surface area contributed by atoms with Crippen LogP contribution in [0.2, 0.25) is 0 Å². The minimum Gasteiger partial charge on any atom is -0.444 e. The molecule has 0 saturated carbocycles. The summed E-state index contributed by atoms with van der Waals surface area (Å²) in [6, 6.07) is -0.0106. The van der Waals surface area contributed by atoms with Gasteiger partial charge < -0.3 is 24.6 Å². The highest BCUT2D eigenvalue weighted by molar-refractivity contribution is 5.67. The average Bonchev–Trinajstić information content (AvgIpc) is 2.97. The van der Waals surface area contributed by atoms with Gasteiger partial charge in [0.1, 0.15) is 6.10 Å². The van der Waals surface area contributed by atoms with Crippen LogP contribution in [-0.2, 0) is 14.2 Å². The summed E-state index contributed by atoms with van der Waals surface area (Å²) in [6.07, 6.45) is 26.0. The molecule has 258 valence electrons. The molecule has 43 heavy (non-hydrogen) atoms. The van der Waals surface area contributed by atoms with Crippen molar-refractivity contribution in [3.8, 4) is 0 Å². The van der Waals surface area contributed by atoms with Crippen LogP contribution in [0.4, 0.5) is 4.79 Å². The van der Waals surface area contributed by atoms with Crippen molar-refractivity contribution in [2.45, 2.75) is 188 Å². The van der Waals surface area contributed by atoms with Gasteiger partial charge in [0.25, 0.3) is 0 Å². The van der Waals surface area contributed by atoms with Gasteiger partial charge in [0.05, 0.1) is 6.61 Å². The van der Waals surface area contributed by atoms with Gasteiger partial charge >= 0.3 is 6.09 Å². The fourth-order valence-corrected chi connectivity index (χ4v) is 5.39. The first-order valence-corrected chi connectivity index (χ1v) is 18.6. The second kappa shape index (κ2) is 32.5. The molecule has 0 spiro atoms. The van der Waals surface area contributed by atoms with E-state index in [1.807, 2.05) is 6.92 Å². The van der Waals surface area contributed by atoms with E-state index in [2.05, 4.69) is 33.0 Å². The number of nitrogens with one attached hydrogen (secondary N) is 1. The van der Waals surface area contributed by atoms with E-state index in [4.69, 9.17) is 14.2 Å². The standard InChI is InChI=1S/C37H75NO5/c1-6-36(32-39)43-37(40)38-35(27-31-42-29-22-18-14-10-8-12-16-20-25-34(4)5)26-23-30-41-28-21-17-13-9-7-11-15-19-24-33(2)3/h33-36,39H,6-32H2,1-5H3,(H,38,40). The van der Waals surface area contributed by atoms with Crippen molar-refractivity contribution in [2.24, 2.45) is 11.8 Å². The predicted molar refractivity (Wildman–Crippen MR) is 183 cm³/mol. The summed E-state index contributed by atoms with van der Waals surface area (Å²) >= 11 is 0. The van der Waals surface area contributed by atoms with E-state index in [0.717, 1.165) is 63.8 Å². The van der Waals surface area contributed by atoms with E-state index in [0.29, 0.717) is 13.0 Å². The highest BCUT2D eigenvalue weighted by Gasteiger charge is 2.16. The molecule has 0 saturated heterocycles. The van der Waals surface area contributed by atoms with Crippen molar-refractivity contribution in [3.63, 3.8) is 0 Å². The van der Waals surface area contributed by atoms with Crippen LogP contribution in [0.25, 0.3) is 0 Å². The first-order valence-electron chi connectivity index (χ1n) is 18.6. The highest BCUT2D eigenvalue weighted by Crippen LogP contribution is 2.14.